The number of nitrogens with one attached hydrogen (secondary N) is 1. The molecular formula is C18H29FN2. The van der Waals surface area contributed by atoms with E-state index in [-0.39, 0.29) is 5.82 Å². The molecule has 3 unspecified atom stereocenters. The van der Waals surface area contributed by atoms with Crippen LogP contribution < -0.4 is 5.32 Å². The minimum Gasteiger partial charge on any atom is -0.311 e. The molecule has 1 N–H and O–H groups in total. The van der Waals surface area contributed by atoms with E-state index in [0.29, 0.717) is 23.9 Å². The van der Waals surface area contributed by atoms with Crippen molar-refractivity contribution >= 4 is 0 Å². The number of nitrogens with zero attached hydrogens (tertiary/aromatic N) is 1. The zero-order chi connectivity index (χ0) is 15.4. The highest BCUT2D eigenvalue weighted by Gasteiger charge is 2.31. The van der Waals surface area contributed by atoms with Gasteiger partial charge in [0.2, 0.25) is 0 Å². The van der Waals surface area contributed by atoms with Gasteiger partial charge in [0, 0.05) is 31.7 Å². The summed E-state index contributed by atoms with van der Waals surface area (Å²) in [7, 11) is 0. The van der Waals surface area contributed by atoms with Gasteiger partial charge in [0.1, 0.15) is 5.82 Å². The Morgan fingerprint density at radius 3 is 2.71 bits per heavy atom. The van der Waals surface area contributed by atoms with Crippen LogP contribution in [0.2, 0.25) is 0 Å². The highest BCUT2D eigenvalue weighted by molar-refractivity contribution is 5.16. The molecule has 0 aliphatic carbocycles. The SMILES string of the molecule is CCC(C)C1CN(Cc2cccc(F)c2)C(C(C)C)CN1. The molecule has 1 heterocycles. The summed E-state index contributed by atoms with van der Waals surface area (Å²) in [5.41, 5.74) is 1.07. The second kappa shape index (κ2) is 7.37. The van der Waals surface area contributed by atoms with Gasteiger partial charge < -0.3 is 5.32 Å². The average Bonchev–Trinajstić information content (AvgIpc) is 2.46. The van der Waals surface area contributed by atoms with Crippen LogP contribution in [0, 0.1) is 17.7 Å². The molecule has 3 atom stereocenters. The van der Waals surface area contributed by atoms with Gasteiger partial charge in [-0.2, -0.15) is 0 Å². The lowest BCUT2D eigenvalue weighted by Crippen LogP contribution is -2.59. The summed E-state index contributed by atoms with van der Waals surface area (Å²) in [5.74, 6) is 1.14. The molecule has 118 valence electrons. The largest absolute Gasteiger partial charge is 0.311 e. The first-order chi connectivity index (χ1) is 10.0. The molecule has 1 aliphatic heterocycles. The van der Waals surface area contributed by atoms with Gasteiger partial charge in [0.15, 0.2) is 0 Å². The van der Waals surface area contributed by atoms with Crippen molar-refractivity contribution in [3.05, 3.63) is 35.6 Å². The number of benzene rings is 1. The molecule has 0 radical (unpaired) electrons. The summed E-state index contributed by atoms with van der Waals surface area (Å²) in [5, 5.41) is 3.71. The van der Waals surface area contributed by atoms with E-state index in [1.165, 1.54) is 12.5 Å². The van der Waals surface area contributed by atoms with Crippen molar-refractivity contribution < 1.29 is 4.39 Å². The first-order valence-corrected chi connectivity index (χ1v) is 8.23. The Morgan fingerprint density at radius 2 is 2.10 bits per heavy atom. The van der Waals surface area contributed by atoms with Gasteiger partial charge in [-0.3, -0.25) is 4.90 Å². The van der Waals surface area contributed by atoms with Gasteiger partial charge in [-0.1, -0.05) is 46.2 Å². The molecule has 1 fully saturated rings. The van der Waals surface area contributed by atoms with Gasteiger partial charge in [-0.15, -0.1) is 0 Å². The first kappa shape index (κ1) is 16.4. The van der Waals surface area contributed by atoms with E-state index in [9.17, 15) is 4.39 Å². The Kier molecular flexibility index (Phi) is 5.77. The quantitative estimate of drug-likeness (QED) is 0.891. The Balaban J connectivity index is 2.10. The van der Waals surface area contributed by atoms with Gasteiger partial charge >= 0.3 is 0 Å². The molecule has 0 bridgehead atoms. The van der Waals surface area contributed by atoms with Crippen LogP contribution in [0.25, 0.3) is 0 Å². The highest BCUT2D eigenvalue weighted by atomic mass is 19.1. The van der Waals surface area contributed by atoms with Crippen molar-refractivity contribution in [3.8, 4) is 0 Å². The average molecular weight is 292 g/mol. The first-order valence-electron chi connectivity index (χ1n) is 8.23. The Bertz CT molecular complexity index is 447. The zero-order valence-corrected chi connectivity index (χ0v) is 13.8. The summed E-state index contributed by atoms with van der Waals surface area (Å²) >= 11 is 0. The van der Waals surface area contributed by atoms with Crippen molar-refractivity contribution in [2.75, 3.05) is 13.1 Å². The number of hydrogen-bond acceptors (Lipinski definition) is 2. The third-order valence-corrected chi connectivity index (χ3v) is 4.86. The predicted molar refractivity (Wildman–Crippen MR) is 86.7 cm³/mol. The van der Waals surface area contributed by atoms with Crippen LogP contribution in [0.5, 0.6) is 0 Å². The molecule has 0 spiro atoms. The maximum atomic E-state index is 13.4. The van der Waals surface area contributed by atoms with E-state index in [1.54, 1.807) is 6.07 Å². The predicted octanol–water partition coefficient (Wildman–Crippen LogP) is 3.67. The van der Waals surface area contributed by atoms with E-state index in [2.05, 4.69) is 37.9 Å². The molecule has 1 aliphatic rings. The standard InChI is InChI=1S/C18H29FN2/c1-5-14(4)17-12-21(18(10-20-17)13(2)3)11-15-7-6-8-16(19)9-15/h6-9,13-14,17-18,20H,5,10-12H2,1-4H3. The van der Waals surface area contributed by atoms with E-state index in [4.69, 9.17) is 0 Å². The summed E-state index contributed by atoms with van der Waals surface area (Å²) < 4.78 is 13.4. The van der Waals surface area contributed by atoms with E-state index < -0.39 is 0 Å². The molecule has 1 aromatic carbocycles. The molecule has 1 aromatic rings. The van der Waals surface area contributed by atoms with E-state index in [1.807, 2.05) is 12.1 Å². The Hall–Kier alpha value is -0.930. The fraction of sp³-hybridized carbons (Fsp3) is 0.667. The van der Waals surface area contributed by atoms with Crippen molar-refractivity contribution in [3.63, 3.8) is 0 Å². The maximum absolute atomic E-state index is 13.4. The smallest absolute Gasteiger partial charge is 0.123 e. The van der Waals surface area contributed by atoms with Gasteiger partial charge in [0.05, 0.1) is 0 Å². The fourth-order valence-corrected chi connectivity index (χ4v) is 3.23. The molecule has 0 amide bonds. The van der Waals surface area contributed by atoms with Crippen molar-refractivity contribution in [1.29, 1.82) is 0 Å². The van der Waals surface area contributed by atoms with Crippen molar-refractivity contribution in [2.24, 2.45) is 11.8 Å². The highest BCUT2D eigenvalue weighted by Crippen LogP contribution is 2.22. The molecule has 21 heavy (non-hydrogen) atoms. The summed E-state index contributed by atoms with van der Waals surface area (Å²) in [4.78, 5) is 2.53. The van der Waals surface area contributed by atoms with Crippen LogP contribution >= 0.6 is 0 Å². The van der Waals surface area contributed by atoms with Crippen LogP contribution in [-0.2, 0) is 6.54 Å². The maximum Gasteiger partial charge on any atom is 0.123 e. The Morgan fingerprint density at radius 1 is 1.33 bits per heavy atom. The molecule has 2 nitrogen and oxygen atoms in total. The molecule has 0 saturated carbocycles. The third kappa shape index (κ3) is 4.27. The zero-order valence-electron chi connectivity index (χ0n) is 13.8. The monoisotopic (exact) mass is 292 g/mol. The fourth-order valence-electron chi connectivity index (χ4n) is 3.23. The molecular weight excluding hydrogens is 263 g/mol. The normalized spacial score (nSPS) is 25.2. The van der Waals surface area contributed by atoms with Crippen LogP contribution in [0.15, 0.2) is 24.3 Å². The van der Waals surface area contributed by atoms with Crippen LogP contribution in [0.4, 0.5) is 4.39 Å². The van der Waals surface area contributed by atoms with Gasteiger partial charge in [-0.05, 0) is 29.5 Å². The third-order valence-electron chi connectivity index (χ3n) is 4.86. The number of rotatable bonds is 5. The van der Waals surface area contributed by atoms with Gasteiger partial charge in [0.25, 0.3) is 0 Å². The number of halogens is 1. The van der Waals surface area contributed by atoms with E-state index >= 15 is 0 Å². The summed E-state index contributed by atoms with van der Waals surface area (Å²) in [6.45, 7) is 12.0. The molecule has 3 heteroatoms. The van der Waals surface area contributed by atoms with Crippen LogP contribution in [0.1, 0.15) is 39.7 Å². The molecule has 1 saturated heterocycles. The van der Waals surface area contributed by atoms with E-state index in [0.717, 1.165) is 25.2 Å². The number of hydrogen-bond donors (Lipinski definition) is 1. The lowest BCUT2D eigenvalue weighted by molar-refractivity contribution is 0.0752. The lowest BCUT2D eigenvalue weighted by atomic mass is 9.91. The second-order valence-corrected chi connectivity index (χ2v) is 6.77. The topological polar surface area (TPSA) is 15.3 Å². The van der Waals surface area contributed by atoms with Crippen molar-refractivity contribution in [1.82, 2.24) is 10.2 Å². The lowest BCUT2D eigenvalue weighted by Gasteiger charge is -2.44. The van der Waals surface area contributed by atoms with Crippen molar-refractivity contribution in [2.45, 2.75) is 52.7 Å². The molecule has 0 aromatic heterocycles. The molecule has 2 rings (SSSR count). The summed E-state index contributed by atoms with van der Waals surface area (Å²) in [6, 6.07) is 8.08. The van der Waals surface area contributed by atoms with Crippen LogP contribution in [-0.4, -0.2) is 30.1 Å². The summed E-state index contributed by atoms with van der Waals surface area (Å²) in [6.07, 6.45) is 1.19. The number of piperazine rings is 1. The second-order valence-electron chi connectivity index (χ2n) is 6.77. The van der Waals surface area contributed by atoms with Gasteiger partial charge in [-0.25, -0.2) is 4.39 Å². The Labute approximate surface area is 128 Å². The minimum absolute atomic E-state index is 0.137. The minimum atomic E-state index is -0.137. The van der Waals surface area contributed by atoms with Crippen LogP contribution in [0.3, 0.4) is 0 Å².